The summed E-state index contributed by atoms with van der Waals surface area (Å²) in [4.78, 5) is 0. The molecule has 0 nitrogen and oxygen atoms in total. The van der Waals surface area contributed by atoms with E-state index in [9.17, 15) is 0 Å². The minimum absolute atomic E-state index is 1.31. The van der Waals surface area contributed by atoms with Gasteiger partial charge in [0.05, 0.1) is 0 Å². The molecule has 0 atom stereocenters. The van der Waals surface area contributed by atoms with Crippen LogP contribution in [0.25, 0.3) is 0 Å². The summed E-state index contributed by atoms with van der Waals surface area (Å²) >= 11 is 0. The van der Waals surface area contributed by atoms with Crippen molar-refractivity contribution in [2.75, 3.05) is 0 Å². The topological polar surface area (TPSA) is 0 Å². The maximum Gasteiger partial charge on any atom is -0.0317 e. The lowest BCUT2D eigenvalue weighted by Crippen LogP contribution is -1.88. The summed E-state index contributed by atoms with van der Waals surface area (Å²) in [5.41, 5.74) is 3.36. The van der Waals surface area contributed by atoms with Gasteiger partial charge in [-0.2, -0.15) is 0 Å². The Hall–Kier alpha value is -0.520. The average Bonchev–Trinajstić information content (AvgIpc) is 2.48. The van der Waals surface area contributed by atoms with E-state index >= 15 is 0 Å². The second-order valence-corrected chi connectivity index (χ2v) is 6.06. The third-order valence-corrected chi connectivity index (χ3v) is 3.96. The number of hydrogen-bond acceptors (Lipinski definition) is 0. The maximum absolute atomic E-state index is 2.46. The van der Waals surface area contributed by atoms with Crippen LogP contribution in [0.5, 0.6) is 0 Å². The van der Waals surface area contributed by atoms with Crippen molar-refractivity contribution in [3.05, 3.63) is 23.3 Å². The Morgan fingerprint density at radius 1 is 0.500 bits per heavy atom. The molecule has 0 aromatic rings. The van der Waals surface area contributed by atoms with E-state index in [4.69, 9.17) is 0 Å². The molecule has 0 fully saturated rings. The van der Waals surface area contributed by atoms with Crippen LogP contribution < -0.4 is 0 Å². The monoisotopic (exact) mass is 278 g/mol. The lowest BCUT2D eigenvalue weighted by Gasteiger charge is -2.08. The molecular weight excluding hydrogens is 240 g/mol. The molecule has 0 saturated heterocycles. The van der Waals surface area contributed by atoms with E-state index in [0.717, 1.165) is 0 Å². The summed E-state index contributed by atoms with van der Waals surface area (Å²) in [6, 6.07) is 0. The molecule has 0 aliphatic heterocycles. The molecule has 0 aromatic heterocycles. The minimum Gasteiger partial charge on any atom is -0.0702 e. The smallest absolute Gasteiger partial charge is 0.0317 e. The van der Waals surface area contributed by atoms with Gasteiger partial charge in [0, 0.05) is 0 Å². The van der Waals surface area contributed by atoms with Gasteiger partial charge in [-0.25, -0.2) is 0 Å². The van der Waals surface area contributed by atoms with Crippen molar-refractivity contribution in [3.63, 3.8) is 0 Å². The van der Waals surface area contributed by atoms with Gasteiger partial charge in [-0.15, -0.1) is 0 Å². The zero-order valence-corrected chi connectivity index (χ0v) is 14.6. The van der Waals surface area contributed by atoms with E-state index in [-0.39, 0.29) is 0 Å². The number of hydrogen-bond donors (Lipinski definition) is 0. The first-order chi connectivity index (χ1) is 9.78. The number of unbranched alkanes of at least 4 members (excludes halogenated alkanes) is 4. The molecule has 0 aliphatic carbocycles. The van der Waals surface area contributed by atoms with Crippen LogP contribution in [-0.2, 0) is 0 Å². The Morgan fingerprint density at radius 3 is 0.950 bits per heavy atom. The van der Waals surface area contributed by atoms with Crippen LogP contribution in [0.15, 0.2) is 23.3 Å². The van der Waals surface area contributed by atoms with Gasteiger partial charge in [0.2, 0.25) is 0 Å². The van der Waals surface area contributed by atoms with Crippen LogP contribution in [0.3, 0.4) is 0 Å². The van der Waals surface area contributed by atoms with Gasteiger partial charge < -0.3 is 0 Å². The molecule has 0 amide bonds. The first-order valence-electron chi connectivity index (χ1n) is 9.15. The first-order valence-corrected chi connectivity index (χ1v) is 9.15. The summed E-state index contributed by atoms with van der Waals surface area (Å²) in [5.74, 6) is 0. The molecule has 0 aliphatic rings. The van der Waals surface area contributed by atoms with Gasteiger partial charge in [-0.3, -0.25) is 0 Å². The summed E-state index contributed by atoms with van der Waals surface area (Å²) in [6.45, 7) is 9.17. The molecule has 0 heterocycles. The van der Waals surface area contributed by atoms with E-state index in [1.807, 2.05) is 0 Å². The summed E-state index contributed by atoms with van der Waals surface area (Å²) < 4.78 is 0. The van der Waals surface area contributed by atoms with E-state index in [1.54, 1.807) is 11.1 Å². The fourth-order valence-electron chi connectivity index (χ4n) is 2.43. The van der Waals surface area contributed by atoms with Crippen molar-refractivity contribution in [2.24, 2.45) is 0 Å². The number of rotatable bonds is 13. The van der Waals surface area contributed by atoms with Crippen molar-refractivity contribution >= 4 is 0 Å². The molecule has 0 N–H and O–H groups in total. The molecule has 0 heteroatoms. The Bertz CT molecular complexity index is 209. The third kappa shape index (κ3) is 11.3. The molecule has 0 unspecified atom stereocenters. The second-order valence-electron chi connectivity index (χ2n) is 6.06. The van der Waals surface area contributed by atoms with Crippen LogP contribution in [-0.4, -0.2) is 0 Å². The Labute approximate surface area is 128 Å². The van der Waals surface area contributed by atoms with E-state index < -0.39 is 0 Å². The highest BCUT2D eigenvalue weighted by Gasteiger charge is 1.99. The van der Waals surface area contributed by atoms with Gasteiger partial charge >= 0.3 is 0 Å². The van der Waals surface area contributed by atoms with Gasteiger partial charge in [0.1, 0.15) is 0 Å². The fourth-order valence-corrected chi connectivity index (χ4v) is 2.43. The van der Waals surface area contributed by atoms with Gasteiger partial charge in [-0.1, -0.05) is 76.7 Å². The quantitative estimate of drug-likeness (QED) is 0.304. The highest BCUT2D eigenvalue weighted by atomic mass is 14.1. The van der Waals surface area contributed by atoms with E-state index in [2.05, 4.69) is 39.8 Å². The highest BCUT2D eigenvalue weighted by Crippen LogP contribution is 2.19. The van der Waals surface area contributed by atoms with Crippen molar-refractivity contribution in [1.29, 1.82) is 0 Å². The Morgan fingerprint density at radius 2 is 0.750 bits per heavy atom. The fraction of sp³-hybridized carbons (Fsp3) is 0.800. The normalized spacial score (nSPS) is 10.4. The lowest BCUT2D eigenvalue weighted by molar-refractivity contribution is 0.706. The zero-order chi connectivity index (χ0) is 15.1. The van der Waals surface area contributed by atoms with Crippen molar-refractivity contribution in [1.82, 2.24) is 0 Å². The summed E-state index contributed by atoms with van der Waals surface area (Å²) in [7, 11) is 0. The molecule has 0 spiro atoms. The minimum atomic E-state index is 1.31. The largest absolute Gasteiger partial charge is 0.0702 e. The predicted molar refractivity (Wildman–Crippen MR) is 94.3 cm³/mol. The number of allylic oxidation sites excluding steroid dienone is 4. The lowest BCUT2D eigenvalue weighted by atomic mass is 9.99. The van der Waals surface area contributed by atoms with Gasteiger partial charge in [0.25, 0.3) is 0 Å². The van der Waals surface area contributed by atoms with Crippen LogP contribution in [0.1, 0.15) is 105 Å². The summed E-state index contributed by atoms with van der Waals surface area (Å²) in [6.07, 6.45) is 20.8. The maximum atomic E-state index is 2.46. The first kappa shape index (κ1) is 19.5. The van der Waals surface area contributed by atoms with Crippen LogP contribution in [0.4, 0.5) is 0 Å². The summed E-state index contributed by atoms with van der Waals surface area (Å²) in [5, 5.41) is 0. The van der Waals surface area contributed by atoms with Crippen LogP contribution >= 0.6 is 0 Å². The van der Waals surface area contributed by atoms with Crippen LogP contribution in [0, 0.1) is 0 Å². The van der Waals surface area contributed by atoms with Crippen molar-refractivity contribution in [2.45, 2.75) is 105 Å². The zero-order valence-electron chi connectivity index (χ0n) is 14.6. The average molecular weight is 279 g/mol. The van der Waals surface area contributed by atoms with Crippen molar-refractivity contribution in [3.8, 4) is 0 Å². The molecular formula is C20H38. The highest BCUT2D eigenvalue weighted by molar-refractivity contribution is 5.18. The Kier molecular flexibility index (Phi) is 14.5. The molecule has 118 valence electrons. The molecule has 0 rings (SSSR count). The standard InChI is InChI=1S/C20H38/c1-5-9-13-19(14-10-6-2)17-18-20(15-11-7-3)16-12-8-4/h17-18H,5-16H2,1-4H3. The van der Waals surface area contributed by atoms with E-state index in [1.165, 1.54) is 77.0 Å². The van der Waals surface area contributed by atoms with Gasteiger partial charge in [0.15, 0.2) is 0 Å². The molecule has 0 saturated carbocycles. The van der Waals surface area contributed by atoms with Crippen molar-refractivity contribution < 1.29 is 0 Å². The molecule has 0 radical (unpaired) electrons. The SMILES string of the molecule is CCCCC(=CC=C(CCCC)CCCC)CCCC. The molecule has 20 heavy (non-hydrogen) atoms. The molecule has 0 bridgehead atoms. The third-order valence-electron chi connectivity index (χ3n) is 3.96. The van der Waals surface area contributed by atoms with Gasteiger partial charge in [-0.05, 0) is 51.4 Å². The second kappa shape index (κ2) is 14.9. The van der Waals surface area contributed by atoms with E-state index in [0.29, 0.717) is 0 Å². The van der Waals surface area contributed by atoms with Crippen LogP contribution in [0.2, 0.25) is 0 Å². The predicted octanol–water partition coefficient (Wildman–Crippen LogP) is 7.60. The Balaban J connectivity index is 4.58. The molecule has 0 aromatic carbocycles.